The fourth-order valence-corrected chi connectivity index (χ4v) is 2.40. The van der Waals surface area contributed by atoms with Crippen LogP contribution in [-0.2, 0) is 6.54 Å². The summed E-state index contributed by atoms with van der Waals surface area (Å²) in [5, 5.41) is 4.48. The largest absolute Gasteiger partial charge is 0.361 e. The van der Waals surface area contributed by atoms with Crippen LogP contribution in [0.2, 0.25) is 5.02 Å². The number of benzene rings is 2. The molecule has 0 saturated carbocycles. The Hall–Kier alpha value is -2.26. The van der Waals surface area contributed by atoms with Gasteiger partial charge in [-0.2, -0.15) is 0 Å². The number of nitrogens with one attached hydrogen (secondary N) is 2. The highest BCUT2D eigenvalue weighted by atomic mass is 35.5. The molecule has 4 heteroatoms. The van der Waals surface area contributed by atoms with Crippen molar-refractivity contribution in [2.24, 2.45) is 0 Å². The van der Waals surface area contributed by atoms with E-state index >= 15 is 0 Å². The van der Waals surface area contributed by atoms with Crippen LogP contribution >= 0.6 is 11.6 Å². The number of hydrogen-bond acceptors (Lipinski definition) is 1. The van der Waals surface area contributed by atoms with Crippen LogP contribution in [0, 0.1) is 0 Å². The van der Waals surface area contributed by atoms with E-state index in [0.29, 0.717) is 17.1 Å². The summed E-state index contributed by atoms with van der Waals surface area (Å²) in [7, 11) is 0. The standard InChI is InChI=1S/C16H13ClN2O/c17-14-6-2-1-4-11(14)10-19-16(20)13-5-3-7-15-12(13)8-9-18-15/h1-9,18H,10H2,(H,19,20). The molecule has 0 unspecified atom stereocenters. The Bertz CT molecular complexity index is 764. The first kappa shape index (κ1) is 12.8. The summed E-state index contributed by atoms with van der Waals surface area (Å²) in [6, 6.07) is 15.0. The van der Waals surface area contributed by atoms with Crippen LogP contribution in [0.15, 0.2) is 54.7 Å². The van der Waals surface area contributed by atoms with Crippen molar-refractivity contribution in [1.82, 2.24) is 10.3 Å². The van der Waals surface area contributed by atoms with E-state index in [1.807, 2.05) is 54.7 Å². The number of amides is 1. The second-order valence-electron chi connectivity index (χ2n) is 4.52. The van der Waals surface area contributed by atoms with Crippen LogP contribution in [0.5, 0.6) is 0 Å². The van der Waals surface area contributed by atoms with Gasteiger partial charge in [-0.05, 0) is 29.8 Å². The third-order valence-electron chi connectivity index (χ3n) is 3.24. The molecule has 0 fully saturated rings. The van der Waals surface area contributed by atoms with Gasteiger partial charge in [0, 0.05) is 34.2 Å². The van der Waals surface area contributed by atoms with Crippen molar-refractivity contribution in [1.29, 1.82) is 0 Å². The van der Waals surface area contributed by atoms with Gasteiger partial charge in [0.15, 0.2) is 0 Å². The average Bonchev–Trinajstić information content (AvgIpc) is 2.94. The lowest BCUT2D eigenvalue weighted by Gasteiger charge is -2.07. The van der Waals surface area contributed by atoms with Gasteiger partial charge in [0.1, 0.15) is 0 Å². The molecule has 0 spiro atoms. The second-order valence-corrected chi connectivity index (χ2v) is 4.93. The van der Waals surface area contributed by atoms with Crippen molar-refractivity contribution >= 4 is 28.4 Å². The van der Waals surface area contributed by atoms with Crippen molar-refractivity contribution in [3.63, 3.8) is 0 Å². The number of hydrogen-bond donors (Lipinski definition) is 2. The Morgan fingerprint density at radius 3 is 2.80 bits per heavy atom. The molecule has 1 aromatic heterocycles. The minimum Gasteiger partial charge on any atom is -0.361 e. The van der Waals surface area contributed by atoms with Crippen molar-refractivity contribution in [2.75, 3.05) is 0 Å². The average molecular weight is 285 g/mol. The summed E-state index contributed by atoms with van der Waals surface area (Å²) in [4.78, 5) is 15.4. The predicted molar refractivity (Wildman–Crippen MR) is 80.9 cm³/mol. The zero-order chi connectivity index (χ0) is 13.9. The van der Waals surface area contributed by atoms with Crippen LogP contribution < -0.4 is 5.32 Å². The molecule has 0 aliphatic heterocycles. The molecule has 0 aliphatic carbocycles. The minimum absolute atomic E-state index is 0.102. The number of carbonyl (C=O) groups excluding carboxylic acids is 1. The molecule has 0 aliphatic rings. The molecular formula is C16H13ClN2O. The summed E-state index contributed by atoms with van der Waals surface area (Å²) in [6.45, 7) is 0.416. The molecule has 20 heavy (non-hydrogen) atoms. The van der Waals surface area contributed by atoms with E-state index < -0.39 is 0 Å². The molecule has 2 N–H and O–H groups in total. The number of carbonyl (C=O) groups is 1. The van der Waals surface area contributed by atoms with Crippen LogP contribution in [-0.4, -0.2) is 10.9 Å². The van der Waals surface area contributed by atoms with Crippen molar-refractivity contribution in [2.45, 2.75) is 6.54 Å². The molecule has 2 aromatic carbocycles. The van der Waals surface area contributed by atoms with E-state index in [4.69, 9.17) is 11.6 Å². The Balaban J connectivity index is 1.80. The lowest BCUT2D eigenvalue weighted by molar-refractivity contribution is 0.0952. The summed E-state index contributed by atoms with van der Waals surface area (Å²) in [5.41, 5.74) is 2.52. The smallest absolute Gasteiger partial charge is 0.252 e. The number of aromatic amines is 1. The Labute approximate surface area is 121 Å². The number of H-pyrrole nitrogens is 1. The summed E-state index contributed by atoms with van der Waals surface area (Å²) in [5.74, 6) is -0.102. The fourth-order valence-electron chi connectivity index (χ4n) is 2.20. The van der Waals surface area contributed by atoms with Gasteiger partial charge in [0.25, 0.3) is 5.91 Å². The van der Waals surface area contributed by atoms with Gasteiger partial charge < -0.3 is 10.3 Å². The third-order valence-corrected chi connectivity index (χ3v) is 3.61. The molecular weight excluding hydrogens is 272 g/mol. The predicted octanol–water partition coefficient (Wildman–Crippen LogP) is 3.75. The molecule has 0 radical (unpaired) electrons. The second kappa shape index (κ2) is 5.39. The van der Waals surface area contributed by atoms with E-state index in [2.05, 4.69) is 10.3 Å². The van der Waals surface area contributed by atoms with Crippen molar-refractivity contribution in [3.8, 4) is 0 Å². The normalized spacial score (nSPS) is 10.7. The van der Waals surface area contributed by atoms with Crippen LogP contribution in [0.25, 0.3) is 10.9 Å². The molecule has 3 nitrogen and oxygen atoms in total. The van der Waals surface area contributed by atoms with E-state index in [0.717, 1.165) is 16.5 Å². The first-order valence-electron chi connectivity index (χ1n) is 6.33. The summed E-state index contributed by atoms with van der Waals surface area (Å²) < 4.78 is 0. The Morgan fingerprint density at radius 2 is 1.95 bits per heavy atom. The number of halogens is 1. The SMILES string of the molecule is O=C(NCc1ccccc1Cl)c1cccc2[nH]ccc12. The third kappa shape index (κ3) is 2.40. The van der Waals surface area contributed by atoms with Gasteiger partial charge in [-0.25, -0.2) is 0 Å². The Kier molecular flexibility index (Phi) is 3.44. The topological polar surface area (TPSA) is 44.9 Å². The quantitative estimate of drug-likeness (QED) is 0.756. The highest BCUT2D eigenvalue weighted by molar-refractivity contribution is 6.31. The van der Waals surface area contributed by atoms with Crippen molar-refractivity contribution in [3.05, 3.63) is 70.9 Å². The maximum Gasteiger partial charge on any atom is 0.252 e. The van der Waals surface area contributed by atoms with E-state index in [9.17, 15) is 4.79 Å². The van der Waals surface area contributed by atoms with E-state index in [-0.39, 0.29) is 5.91 Å². The maximum absolute atomic E-state index is 12.3. The first-order chi connectivity index (χ1) is 9.75. The molecule has 3 rings (SSSR count). The molecule has 100 valence electrons. The summed E-state index contributed by atoms with van der Waals surface area (Å²) in [6.07, 6.45) is 1.83. The molecule has 1 amide bonds. The highest BCUT2D eigenvalue weighted by Crippen LogP contribution is 2.18. The van der Waals surface area contributed by atoms with Crippen LogP contribution in [0.4, 0.5) is 0 Å². The molecule has 3 aromatic rings. The fraction of sp³-hybridized carbons (Fsp3) is 0.0625. The first-order valence-corrected chi connectivity index (χ1v) is 6.71. The van der Waals surface area contributed by atoms with Gasteiger partial charge in [-0.15, -0.1) is 0 Å². The van der Waals surface area contributed by atoms with E-state index in [1.165, 1.54) is 0 Å². The summed E-state index contributed by atoms with van der Waals surface area (Å²) >= 11 is 6.08. The highest BCUT2D eigenvalue weighted by Gasteiger charge is 2.10. The lowest BCUT2D eigenvalue weighted by Crippen LogP contribution is -2.23. The van der Waals surface area contributed by atoms with Gasteiger partial charge >= 0.3 is 0 Å². The monoisotopic (exact) mass is 284 g/mol. The Morgan fingerprint density at radius 1 is 1.10 bits per heavy atom. The van der Waals surface area contributed by atoms with Gasteiger partial charge in [-0.1, -0.05) is 35.9 Å². The van der Waals surface area contributed by atoms with E-state index in [1.54, 1.807) is 0 Å². The molecule has 0 atom stereocenters. The van der Waals surface area contributed by atoms with Gasteiger partial charge in [-0.3, -0.25) is 4.79 Å². The van der Waals surface area contributed by atoms with Gasteiger partial charge in [0.05, 0.1) is 0 Å². The number of aromatic nitrogens is 1. The van der Waals surface area contributed by atoms with Crippen molar-refractivity contribution < 1.29 is 4.79 Å². The lowest BCUT2D eigenvalue weighted by atomic mass is 10.1. The van der Waals surface area contributed by atoms with Crippen LogP contribution in [0.1, 0.15) is 15.9 Å². The van der Waals surface area contributed by atoms with Gasteiger partial charge in [0.2, 0.25) is 0 Å². The molecule has 0 saturated heterocycles. The maximum atomic E-state index is 12.3. The molecule has 0 bridgehead atoms. The van der Waals surface area contributed by atoms with Crippen LogP contribution in [0.3, 0.4) is 0 Å². The number of rotatable bonds is 3. The minimum atomic E-state index is -0.102. The number of fused-ring (bicyclic) bond motifs is 1. The zero-order valence-corrected chi connectivity index (χ0v) is 11.4. The molecule has 1 heterocycles. The zero-order valence-electron chi connectivity index (χ0n) is 10.7.